The summed E-state index contributed by atoms with van der Waals surface area (Å²) in [7, 11) is 0. The minimum absolute atomic E-state index is 0.350. The maximum absolute atomic E-state index is 12.8. The third-order valence-electron chi connectivity index (χ3n) is 4.88. The number of nitrogens with zero attached hydrogens (tertiary/aromatic N) is 5. The van der Waals surface area contributed by atoms with Crippen molar-refractivity contribution in [3.8, 4) is 0 Å². The average molecular weight is 405 g/mol. The van der Waals surface area contributed by atoms with E-state index in [2.05, 4.69) is 32.1 Å². The number of nitrogens with one attached hydrogen (secondary N) is 1. The molecule has 0 aromatic carbocycles. The Morgan fingerprint density at radius 3 is 3.04 bits per heavy atom. The minimum Gasteiger partial charge on any atom is -0.364 e. The Labute approximate surface area is 166 Å². The number of allylic oxidation sites excluding steroid dienone is 2. The fourth-order valence-corrected chi connectivity index (χ4v) is 3.71. The van der Waals surface area contributed by atoms with Crippen LogP contribution < -0.4 is 5.43 Å². The standard InChI is InChI=1S/C19H19ClF2N6/c1-12-19(20)17(9-24-26-12)27-6-4-16-14(10-27)8-25-28(16)11-13-3-2-5-23-15(13)7-18(21)22/h2-3,5,8-9,18,26H,1,4,6-7,10-11H2. The van der Waals surface area contributed by atoms with Crippen molar-refractivity contribution in [3.63, 3.8) is 0 Å². The molecule has 2 aliphatic rings. The minimum atomic E-state index is -2.42. The molecule has 146 valence electrons. The number of alkyl halides is 2. The molecule has 9 heteroatoms. The molecule has 4 rings (SSSR count). The fraction of sp³-hybridized carbons (Fsp3) is 0.316. The summed E-state index contributed by atoms with van der Waals surface area (Å²) < 4.78 is 27.5. The van der Waals surface area contributed by atoms with Gasteiger partial charge in [-0.05, 0) is 11.6 Å². The van der Waals surface area contributed by atoms with Gasteiger partial charge in [0.1, 0.15) is 0 Å². The van der Waals surface area contributed by atoms with Crippen molar-refractivity contribution in [1.82, 2.24) is 25.1 Å². The molecule has 4 heterocycles. The van der Waals surface area contributed by atoms with E-state index >= 15 is 0 Å². The summed E-state index contributed by atoms with van der Waals surface area (Å²) in [4.78, 5) is 6.26. The molecule has 0 saturated heterocycles. The SMILES string of the molecule is C=C1NN=CC(N2CCc3c(cnn3Cc3cccnc3CC(F)F)C2)=C1Cl. The van der Waals surface area contributed by atoms with Crippen molar-refractivity contribution >= 4 is 17.8 Å². The van der Waals surface area contributed by atoms with Crippen LogP contribution in [-0.2, 0) is 25.9 Å². The number of hydrazone groups is 1. The van der Waals surface area contributed by atoms with Crippen molar-refractivity contribution in [2.24, 2.45) is 5.10 Å². The molecule has 0 aliphatic carbocycles. The Bertz CT molecular complexity index is 965. The van der Waals surface area contributed by atoms with E-state index in [1.165, 1.54) is 0 Å². The van der Waals surface area contributed by atoms with E-state index in [9.17, 15) is 8.78 Å². The topological polar surface area (TPSA) is 58.3 Å². The Hall–Kier alpha value is -2.74. The first-order valence-corrected chi connectivity index (χ1v) is 9.28. The lowest BCUT2D eigenvalue weighted by Crippen LogP contribution is -2.33. The molecule has 0 bridgehead atoms. The summed E-state index contributed by atoms with van der Waals surface area (Å²) in [5.74, 6) is 0. The van der Waals surface area contributed by atoms with E-state index in [0.29, 0.717) is 29.5 Å². The number of aromatic nitrogens is 3. The quantitative estimate of drug-likeness (QED) is 0.832. The number of halogens is 3. The predicted molar refractivity (Wildman–Crippen MR) is 103 cm³/mol. The highest BCUT2D eigenvalue weighted by Gasteiger charge is 2.25. The predicted octanol–water partition coefficient (Wildman–Crippen LogP) is 3.05. The molecule has 0 radical (unpaired) electrons. The van der Waals surface area contributed by atoms with Gasteiger partial charge < -0.3 is 4.90 Å². The lowest BCUT2D eigenvalue weighted by molar-refractivity contribution is 0.147. The third kappa shape index (κ3) is 3.64. The summed E-state index contributed by atoms with van der Waals surface area (Å²) in [5, 5.41) is 9.11. The van der Waals surface area contributed by atoms with Crippen LogP contribution in [0.1, 0.15) is 22.5 Å². The summed E-state index contributed by atoms with van der Waals surface area (Å²) in [5.41, 5.74) is 7.52. The molecule has 2 aromatic heterocycles. The summed E-state index contributed by atoms with van der Waals surface area (Å²) in [6.07, 6.45) is 3.06. The second-order valence-electron chi connectivity index (χ2n) is 6.70. The second kappa shape index (κ2) is 7.71. The van der Waals surface area contributed by atoms with Gasteiger partial charge in [-0.3, -0.25) is 15.1 Å². The molecule has 2 aromatic rings. The number of fused-ring (bicyclic) bond motifs is 1. The summed E-state index contributed by atoms with van der Waals surface area (Å²) >= 11 is 6.36. The first-order valence-electron chi connectivity index (χ1n) is 8.90. The molecule has 0 spiro atoms. The highest BCUT2D eigenvalue weighted by Crippen LogP contribution is 2.27. The van der Waals surface area contributed by atoms with Gasteiger partial charge in [0, 0.05) is 37.0 Å². The maximum Gasteiger partial charge on any atom is 0.244 e. The molecule has 0 amide bonds. The van der Waals surface area contributed by atoms with Gasteiger partial charge in [-0.25, -0.2) is 8.78 Å². The fourth-order valence-electron chi connectivity index (χ4n) is 3.50. The molecule has 2 aliphatic heterocycles. The van der Waals surface area contributed by atoms with E-state index < -0.39 is 6.43 Å². The highest BCUT2D eigenvalue weighted by atomic mass is 35.5. The number of rotatable bonds is 5. The van der Waals surface area contributed by atoms with Gasteiger partial charge in [-0.15, -0.1) is 0 Å². The van der Waals surface area contributed by atoms with Crippen LogP contribution in [-0.4, -0.2) is 38.8 Å². The lowest BCUT2D eigenvalue weighted by atomic mass is 10.1. The smallest absolute Gasteiger partial charge is 0.244 e. The molecule has 1 N–H and O–H groups in total. The first kappa shape index (κ1) is 18.6. The zero-order chi connectivity index (χ0) is 19.7. The second-order valence-corrected chi connectivity index (χ2v) is 7.08. The van der Waals surface area contributed by atoms with Crippen molar-refractivity contribution in [3.05, 3.63) is 70.0 Å². The van der Waals surface area contributed by atoms with Gasteiger partial charge in [0.2, 0.25) is 6.43 Å². The monoisotopic (exact) mass is 404 g/mol. The van der Waals surface area contributed by atoms with E-state index in [4.69, 9.17) is 11.6 Å². The van der Waals surface area contributed by atoms with Gasteiger partial charge in [-0.1, -0.05) is 24.2 Å². The Balaban J connectivity index is 1.55. The van der Waals surface area contributed by atoms with E-state index in [1.54, 1.807) is 18.5 Å². The van der Waals surface area contributed by atoms with Crippen LogP contribution in [0.2, 0.25) is 0 Å². The van der Waals surface area contributed by atoms with Crippen LogP contribution in [0.5, 0.6) is 0 Å². The molecule has 0 saturated carbocycles. The van der Waals surface area contributed by atoms with Crippen LogP contribution in [0.3, 0.4) is 0 Å². The number of hydrogen-bond donors (Lipinski definition) is 1. The molecule has 0 unspecified atom stereocenters. The summed E-state index contributed by atoms with van der Waals surface area (Å²) in [6, 6.07) is 3.59. The molecule has 28 heavy (non-hydrogen) atoms. The molecule has 6 nitrogen and oxygen atoms in total. The highest BCUT2D eigenvalue weighted by molar-refractivity contribution is 6.33. The van der Waals surface area contributed by atoms with Crippen LogP contribution in [0.15, 0.2) is 52.6 Å². The van der Waals surface area contributed by atoms with Crippen LogP contribution >= 0.6 is 11.6 Å². The van der Waals surface area contributed by atoms with Crippen molar-refractivity contribution in [2.75, 3.05) is 6.54 Å². The maximum atomic E-state index is 12.8. The largest absolute Gasteiger partial charge is 0.364 e. The van der Waals surface area contributed by atoms with Gasteiger partial charge in [-0.2, -0.15) is 10.2 Å². The third-order valence-corrected chi connectivity index (χ3v) is 5.31. The first-order chi connectivity index (χ1) is 13.5. The summed E-state index contributed by atoms with van der Waals surface area (Å²) in [6.45, 7) is 5.67. The van der Waals surface area contributed by atoms with Crippen molar-refractivity contribution < 1.29 is 8.78 Å². The van der Waals surface area contributed by atoms with Gasteiger partial charge in [0.05, 0.1) is 47.5 Å². The van der Waals surface area contributed by atoms with E-state index in [1.807, 2.05) is 16.9 Å². The normalized spacial score (nSPS) is 16.6. The Kier molecular flexibility index (Phi) is 5.13. The van der Waals surface area contributed by atoms with Gasteiger partial charge in [0.25, 0.3) is 0 Å². The number of hydrogen-bond acceptors (Lipinski definition) is 5. The molecule has 0 atom stereocenters. The molecular formula is C19H19ClF2N6. The van der Waals surface area contributed by atoms with Crippen molar-refractivity contribution in [1.29, 1.82) is 0 Å². The molecule has 0 fully saturated rings. The van der Waals surface area contributed by atoms with Crippen LogP contribution in [0.4, 0.5) is 8.78 Å². The zero-order valence-corrected chi connectivity index (χ0v) is 15.8. The lowest BCUT2D eigenvalue weighted by Gasteiger charge is -2.31. The Morgan fingerprint density at radius 1 is 1.36 bits per heavy atom. The van der Waals surface area contributed by atoms with E-state index in [-0.39, 0.29) is 6.42 Å². The van der Waals surface area contributed by atoms with Crippen LogP contribution in [0.25, 0.3) is 0 Å². The Morgan fingerprint density at radius 2 is 2.21 bits per heavy atom. The van der Waals surface area contributed by atoms with E-state index in [0.717, 1.165) is 35.5 Å². The average Bonchev–Trinajstić information content (AvgIpc) is 3.07. The van der Waals surface area contributed by atoms with Crippen LogP contribution in [0, 0.1) is 0 Å². The van der Waals surface area contributed by atoms with Gasteiger partial charge in [0.15, 0.2) is 0 Å². The molecular weight excluding hydrogens is 386 g/mol. The zero-order valence-electron chi connectivity index (χ0n) is 15.1. The van der Waals surface area contributed by atoms with Crippen molar-refractivity contribution in [2.45, 2.75) is 32.4 Å². The number of pyridine rings is 1. The van der Waals surface area contributed by atoms with Gasteiger partial charge >= 0.3 is 0 Å².